The lowest BCUT2D eigenvalue weighted by molar-refractivity contribution is -0.120. The second-order valence-electron chi connectivity index (χ2n) is 6.72. The minimum absolute atomic E-state index is 0.121. The molecule has 1 amide bonds. The third-order valence-corrected chi connectivity index (χ3v) is 5.05. The highest BCUT2D eigenvalue weighted by Crippen LogP contribution is 2.41. The van der Waals surface area contributed by atoms with Crippen LogP contribution in [0.5, 0.6) is 11.5 Å². The Labute approximate surface area is 154 Å². The molecule has 0 spiro atoms. The molecule has 1 aliphatic rings. The van der Waals surface area contributed by atoms with Crippen molar-refractivity contribution >= 4 is 15.9 Å². The van der Waals surface area contributed by atoms with Crippen LogP contribution in [0.3, 0.4) is 0 Å². The van der Waals surface area contributed by atoms with Crippen molar-refractivity contribution in [2.45, 2.75) is 25.9 Å². The third kappa shape index (κ3) is 5.64. The van der Waals surface area contributed by atoms with Gasteiger partial charge in [-0.15, -0.1) is 0 Å². The minimum Gasteiger partial charge on any atom is -0.483 e. The Balaban J connectivity index is 1.77. The van der Waals surface area contributed by atoms with E-state index in [0.29, 0.717) is 5.75 Å². The van der Waals surface area contributed by atoms with Crippen LogP contribution in [0.15, 0.2) is 18.2 Å². The Kier molecular flexibility index (Phi) is 6.16. The summed E-state index contributed by atoms with van der Waals surface area (Å²) in [6.07, 6.45) is 1.88. The Hall–Kier alpha value is -2.24. The van der Waals surface area contributed by atoms with Crippen LogP contribution in [-0.2, 0) is 21.2 Å². The van der Waals surface area contributed by atoms with Crippen molar-refractivity contribution in [1.29, 1.82) is 0 Å². The van der Waals surface area contributed by atoms with Gasteiger partial charge in [0, 0.05) is 19.0 Å². The number of hydrogen-bond donors (Lipinski definition) is 1. The summed E-state index contributed by atoms with van der Waals surface area (Å²) >= 11 is 0. The molecule has 1 aromatic rings. The first kappa shape index (κ1) is 20.1. The number of likely N-dealkylation sites (N-methyl/N-ethyl adjacent to an activating group) is 1. The molecule has 0 saturated heterocycles. The maximum absolute atomic E-state index is 11.6. The zero-order valence-electron chi connectivity index (χ0n) is 15.5. The summed E-state index contributed by atoms with van der Waals surface area (Å²) in [7, 11) is -2.03. The van der Waals surface area contributed by atoms with Gasteiger partial charge in [-0.1, -0.05) is 24.0 Å². The van der Waals surface area contributed by atoms with Gasteiger partial charge in [0.25, 0.3) is 0 Å². The minimum atomic E-state index is -3.38. The van der Waals surface area contributed by atoms with Crippen molar-refractivity contribution < 1.29 is 22.7 Å². The summed E-state index contributed by atoms with van der Waals surface area (Å²) in [5.41, 5.74) is 0.874. The van der Waals surface area contributed by atoms with E-state index in [1.165, 1.54) is 7.05 Å². The molecule has 1 heterocycles. The van der Waals surface area contributed by atoms with Gasteiger partial charge in [-0.25, -0.2) is 8.42 Å². The van der Waals surface area contributed by atoms with Gasteiger partial charge in [-0.3, -0.25) is 4.79 Å². The van der Waals surface area contributed by atoms with Crippen LogP contribution in [0, 0.1) is 11.8 Å². The maximum Gasteiger partial charge on any atom is 0.236 e. The number of benzene rings is 1. The average Bonchev–Trinajstić information content (AvgIpc) is 2.84. The zero-order chi connectivity index (χ0) is 19.4. The molecule has 0 bridgehead atoms. The molecule has 0 aromatic heterocycles. The Morgan fingerprint density at radius 2 is 2.12 bits per heavy atom. The number of carbonyl (C=O) groups is 1. The SMILES string of the molecule is CN(CC(=O)NCC#CCOc1cccc2c1OC(C)(C)C2)S(C)(=O)=O. The molecule has 7 nitrogen and oxygen atoms in total. The summed E-state index contributed by atoms with van der Waals surface area (Å²) in [5, 5.41) is 2.54. The van der Waals surface area contributed by atoms with E-state index in [9.17, 15) is 13.2 Å². The number of hydrogen-bond acceptors (Lipinski definition) is 5. The van der Waals surface area contributed by atoms with Gasteiger partial charge < -0.3 is 14.8 Å². The van der Waals surface area contributed by atoms with Gasteiger partial charge in [-0.05, 0) is 19.9 Å². The molecule has 142 valence electrons. The molecule has 0 saturated carbocycles. The van der Waals surface area contributed by atoms with Crippen molar-refractivity contribution in [2.75, 3.05) is 33.0 Å². The van der Waals surface area contributed by atoms with Crippen LogP contribution >= 0.6 is 0 Å². The van der Waals surface area contributed by atoms with E-state index in [0.717, 1.165) is 28.3 Å². The van der Waals surface area contributed by atoms with Crippen molar-refractivity contribution in [3.63, 3.8) is 0 Å². The van der Waals surface area contributed by atoms with Crippen molar-refractivity contribution in [3.8, 4) is 23.3 Å². The molecular weight excluding hydrogens is 356 g/mol. The second kappa shape index (κ2) is 7.98. The molecule has 1 aromatic carbocycles. The van der Waals surface area contributed by atoms with Crippen LogP contribution in [0.2, 0.25) is 0 Å². The molecule has 2 rings (SSSR count). The van der Waals surface area contributed by atoms with E-state index in [1.54, 1.807) is 0 Å². The van der Waals surface area contributed by atoms with Crippen molar-refractivity contribution in [1.82, 2.24) is 9.62 Å². The van der Waals surface area contributed by atoms with Gasteiger partial charge in [0.05, 0.1) is 19.3 Å². The lowest BCUT2D eigenvalue weighted by Gasteiger charge is -2.17. The number of nitrogens with zero attached hydrogens (tertiary/aromatic N) is 1. The molecule has 26 heavy (non-hydrogen) atoms. The lowest BCUT2D eigenvalue weighted by Crippen LogP contribution is -2.37. The number of ether oxygens (including phenoxy) is 2. The van der Waals surface area contributed by atoms with Crippen molar-refractivity contribution in [2.24, 2.45) is 0 Å². The molecular formula is C18H24N2O5S. The predicted molar refractivity (Wildman–Crippen MR) is 98.6 cm³/mol. The largest absolute Gasteiger partial charge is 0.483 e. The fourth-order valence-electron chi connectivity index (χ4n) is 2.45. The number of nitrogens with one attached hydrogen (secondary N) is 1. The highest BCUT2D eigenvalue weighted by molar-refractivity contribution is 7.88. The number of amides is 1. The monoisotopic (exact) mass is 380 g/mol. The van der Waals surface area contributed by atoms with Crippen LogP contribution in [-0.4, -0.2) is 57.2 Å². The fraction of sp³-hybridized carbons (Fsp3) is 0.500. The van der Waals surface area contributed by atoms with E-state index in [-0.39, 0.29) is 25.3 Å². The first-order chi connectivity index (χ1) is 12.1. The molecule has 0 fully saturated rings. The van der Waals surface area contributed by atoms with E-state index in [2.05, 4.69) is 17.2 Å². The van der Waals surface area contributed by atoms with E-state index >= 15 is 0 Å². The molecule has 0 aliphatic carbocycles. The zero-order valence-corrected chi connectivity index (χ0v) is 16.3. The van der Waals surface area contributed by atoms with Gasteiger partial charge in [0.1, 0.15) is 12.2 Å². The third-order valence-electron chi connectivity index (χ3n) is 3.79. The van der Waals surface area contributed by atoms with E-state index in [1.807, 2.05) is 32.0 Å². The van der Waals surface area contributed by atoms with Crippen LogP contribution in [0.25, 0.3) is 0 Å². The standard InChI is InChI=1S/C18H24N2O5S/c1-18(2)12-14-8-7-9-15(17(14)25-18)24-11-6-5-10-19-16(21)13-20(3)26(4,22)23/h7-9H,10-13H2,1-4H3,(H,19,21). The summed E-state index contributed by atoms with van der Waals surface area (Å²) < 4.78 is 35.0. The molecule has 1 aliphatic heterocycles. The number of rotatable bonds is 6. The summed E-state index contributed by atoms with van der Waals surface area (Å²) in [4.78, 5) is 11.6. The fourth-order valence-corrected chi connectivity index (χ4v) is 2.80. The Morgan fingerprint density at radius 1 is 1.38 bits per heavy atom. The predicted octanol–water partition coefficient (Wildman–Crippen LogP) is 0.790. The number of carbonyl (C=O) groups excluding carboxylic acids is 1. The molecule has 1 N–H and O–H groups in total. The van der Waals surface area contributed by atoms with Gasteiger partial charge in [0.2, 0.25) is 15.9 Å². The quantitative estimate of drug-likeness (QED) is 0.738. The summed E-state index contributed by atoms with van der Waals surface area (Å²) in [6.45, 7) is 4.11. The molecule has 0 radical (unpaired) electrons. The second-order valence-corrected chi connectivity index (χ2v) is 8.81. The number of para-hydroxylation sites is 1. The Bertz CT molecular complexity index is 837. The van der Waals surface area contributed by atoms with Gasteiger partial charge >= 0.3 is 0 Å². The first-order valence-electron chi connectivity index (χ1n) is 8.16. The average molecular weight is 380 g/mol. The van der Waals surface area contributed by atoms with Crippen LogP contribution in [0.4, 0.5) is 0 Å². The van der Waals surface area contributed by atoms with Crippen molar-refractivity contribution in [3.05, 3.63) is 23.8 Å². The smallest absolute Gasteiger partial charge is 0.236 e. The van der Waals surface area contributed by atoms with E-state index < -0.39 is 15.9 Å². The molecule has 0 unspecified atom stereocenters. The molecule has 0 atom stereocenters. The van der Waals surface area contributed by atoms with Gasteiger partial charge in [-0.2, -0.15) is 4.31 Å². The first-order valence-corrected chi connectivity index (χ1v) is 10.0. The Morgan fingerprint density at radius 3 is 2.81 bits per heavy atom. The van der Waals surface area contributed by atoms with Crippen LogP contribution in [0.1, 0.15) is 19.4 Å². The van der Waals surface area contributed by atoms with E-state index in [4.69, 9.17) is 9.47 Å². The lowest BCUT2D eigenvalue weighted by atomic mass is 10.0. The number of fused-ring (bicyclic) bond motifs is 1. The topological polar surface area (TPSA) is 84.9 Å². The van der Waals surface area contributed by atoms with Gasteiger partial charge in [0.15, 0.2) is 11.5 Å². The highest BCUT2D eigenvalue weighted by atomic mass is 32.2. The maximum atomic E-state index is 11.6. The molecule has 8 heteroatoms. The van der Waals surface area contributed by atoms with Crippen LogP contribution < -0.4 is 14.8 Å². The number of sulfonamides is 1. The highest BCUT2D eigenvalue weighted by Gasteiger charge is 2.32. The summed E-state index contributed by atoms with van der Waals surface area (Å²) in [5.74, 6) is 6.58. The summed E-state index contributed by atoms with van der Waals surface area (Å²) in [6, 6.07) is 5.78. The normalized spacial score (nSPS) is 14.8.